The first-order chi connectivity index (χ1) is 13.1. The summed E-state index contributed by atoms with van der Waals surface area (Å²) in [6.07, 6.45) is 1.69. The summed E-state index contributed by atoms with van der Waals surface area (Å²) >= 11 is 0. The summed E-state index contributed by atoms with van der Waals surface area (Å²) < 4.78 is 7.71. The molecule has 1 amide bonds. The lowest BCUT2D eigenvalue weighted by molar-refractivity contribution is 0.0633. The predicted octanol–water partition coefficient (Wildman–Crippen LogP) is 3.68. The van der Waals surface area contributed by atoms with Gasteiger partial charge in [-0.25, -0.2) is 0 Å². The van der Waals surface area contributed by atoms with Gasteiger partial charge in [-0.2, -0.15) is 0 Å². The molecule has 142 valence electrons. The van der Waals surface area contributed by atoms with E-state index in [2.05, 4.69) is 48.4 Å². The van der Waals surface area contributed by atoms with Crippen LogP contribution in [0.15, 0.2) is 41.0 Å². The molecule has 1 saturated heterocycles. The molecule has 3 aromatic rings. The molecule has 0 bridgehead atoms. The maximum atomic E-state index is 13.3. The van der Waals surface area contributed by atoms with Gasteiger partial charge in [-0.3, -0.25) is 4.79 Å². The number of carbonyl (C=O) groups is 1. The minimum absolute atomic E-state index is 0.0995. The molecule has 5 heteroatoms. The topological polar surface area (TPSA) is 41.6 Å². The summed E-state index contributed by atoms with van der Waals surface area (Å²) in [6.45, 7) is 11.5. The van der Waals surface area contributed by atoms with Gasteiger partial charge >= 0.3 is 0 Å². The van der Waals surface area contributed by atoms with Gasteiger partial charge in [0.2, 0.25) is 0 Å². The first kappa shape index (κ1) is 17.9. The number of hydrogen-bond donors (Lipinski definition) is 0. The number of aryl methyl sites for hydroxylation is 2. The normalized spacial score (nSPS) is 15.6. The Bertz CT molecular complexity index is 961. The van der Waals surface area contributed by atoms with Crippen molar-refractivity contribution in [2.75, 3.05) is 32.7 Å². The summed E-state index contributed by atoms with van der Waals surface area (Å²) in [5.74, 6) is 0.0995. The summed E-state index contributed by atoms with van der Waals surface area (Å²) in [7, 11) is 0. The van der Waals surface area contributed by atoms with E-state index in [0.29, 0.717) is 6.54 Å². The maximum absolute atomic E-state index is 13.3. The van der Waals surface area contributed by atoms with Crippen molar-refractivity contribution in [1.29, 1.82) is 0 Å². The van der Waals surface area contributed by atoms with E-state index < -0.39 is 0 Å². The Morgan fingerprint density at radius 2 is 1.85 bits per heavy atom. The van der Waals surface area contributed by atoms with Crippen LogP contribution in [0.25, 0.3) is 11.1 Å². The second-order valence-corrected chi connectivity index (χ2v) is 7.44. The van der Waals surface area contributed by atoms with Crippen LogP contribution in [0.3, 0.4) is 0 Å². The number of nitrogens with zero attached hydrogens (tertiary/aromatic N) is 3. The van der Waals surface area contributed by atoms with Crippen LogP contribution < -0.4 is 0 Å². The molecule has 1 fully saturated rings. The molecule has 1 aliphatic heterocycles. The molecule has 0 spiro atoms. The van der Waals surface area contributed by atoms with Crippen LogP contribution >= 0.6 is 0 Å². The molecule has 27 heavy (non-hydrogen) atoms. The van der Waals surface area contributed by atoms with E-state index in [1.807, 2.05) is 17.0 Å². The van der Waals surface area contributed by atoms with Gasteiger partial charge in [-0.05, 0) is 31.5 Å². The number of benzene rings is 1. The summed E-state index contributed by atoms with van der Waals surface area (Å²) in [6, 6.07) is 10.3. The van der Waals surface area contributed by atoms with Crippen LogP contribution in [0.5, 0.6) is 0 Å². The molecule has 0 radical (unpaired) electrons. The fourth-order valence-corrected chi connectivity index (χ4v) is 3.89. The monoisotopic (exact) mass is 365 g/mol. The quantitative estimate of drug-likeness (QED) is 0.708. The number of likely N-dealkylation sites (N-methyl/N-ethyl adjacent to an activating group) is 1. The fraction of sp³-hybridized carbons (Fsp3) is 0.409. The van der Waals surface area contributed by atoms with E-state index in [4.69, 9.17) is 4.42 Å². The molecule has 5 nitrogen and oxygen atoms in total. The third-order valence-corrected chi connectivity index (χ3v) is 5.68. The molecule has 0 aliphatic carbocycles. The second-order valence-electron chi connectivity index (χ2n) is 7.44. The smallest absolute Gasteiger partial charge is 0.270 e. The van der Waals surface area contributed by atoms with Crippen LogP contribution in [0.4, 0.5) is 0 Å². The SMILES string of the molecule is CCN1CCN(C(=O)c2cc3occc3n2Cc2cc(C)ccc2C)CC1. The van der Waals surface area contributed by atoms with Gasteiger partial charge in [0.25, 0.3) is 5.91 Å². The number of carbonyl (C=O) groups excluding carboxylic acids is 1. The van der Waals surface area contributed by atoms with Gasteiger partial charge in [0.05, 0.1) is 11.8 Å². The van der Waals surface area contributed by atoms with Crippen LogP contribution in [-0.2, 0) is 6.54 Å². The van der Waals surface area contributed by atoms with Crippen molar-refractivity contribution in [1.82, 2.24) is 14.4 Å². The fourth-order valence-electron chi connectivity index (χ4n) is 3.89. The van der Waals surface area contributed by atoms with Gasteiger partial charge in [-0.1, -0.05) is 30.7 Å². The predicted molar refractivity (Wildman–Crippen MR) is 107 cm³/mol. The molecule has 1 aromatic carbocycles. The van der Waals surface area contributed by atoms with Crippen molar-refractivity contribution in [2.45, 2.75) is 27.3 Å². The van der Waals surface area contributed by atoms with E-state index in [9.17, 15) is 4.79 Å². The van der Waals surface area contributed by atoms with Gasteiger partial charge in [0, 0.05) is 44.9 Å². The van der Waals surface area contributed by atoms with Crippen molar-refractivity contribution in [3.63, 3.8) is 0 Å². The Kier molecular flexibility index (Phi) is 4.79. The Balaban J connectivity index is 1.67. The standard InChI is InChI=1S/C22H27N3O2/c1-4-23-8-10-24(11-9-23)22(26)20-14-21-19(7-12-27-21)25(20)15-18-13-16(2)5-6-17(18)3/h5-7,12-14H,4,8-11,15H2,1-3H3. The zero-order valence-electron chi connectivity index (χ0n) is 16.4. The number of aromatic nitrogens is 1. The van der Waals surface area contributed by atoms with Crippen molar-refractivity contribution in [3.05, 3.63) is 59.0 Å². The number of furan rings is 1. The molecule has 1 aliphatic rings. The number of piperazine rings is 1. The largest absolute Gasteiger partial charge is 0.463 e. The van der Waals surface area contributed by atoms with Crippen LogP contribution in [0.2, 0.25) is 0 Å². The van der Waals surface area contributed by atoms with Crippen LogP contribution in [0.1, 0.15) is 34.1 Å². The lowest BCUT2D eigenvalue weighted by Gasteiger charge is -2.34. The Hall–Kier alpha value is -2.53. The first-order valence-corrected chi connectivity index (χ1v) is 9.71. The summed E-state index contributed by atoms with van der Waals surface area (Å²) in [5, 5.41) is 0. The number of fused-ring (bicyclic) bond motifs is 1. The van der Waals surface area contributed by atoms with Gasteiger partial charge in [0.1, 0.15) is 5.69 Å². The van der Waals surface area contributed by atoms with E-state index >= 15 is 0 Å². The number of amides is 1. The highest BCUT2D eigenvalue weighted by molar-refractivity contribution is 5.97. The number of rotatable bonds is 4. The van der Waals surface area contributed by atoms with Crippen molar-refractivity contribution >= 4 is 17.0 Å². The molecule has 4 rings (SSSR count). The van der Waals surface area contributed by atoms with E-state index in [1.165, 1.54) is 16.7 Å². The summed E-state index contributed by atoms with van der Waals surface area (Å²) in [4.78, 5) is 17.6. The molecule has 0 unspecified atom stereocenters. The van der Waals surface area contributed by atoms with Crippen LogP contribution in [0, 0.1) is 13.8 Å². The Morgan fingerprint density at radius 3 is 2.59 bits per heavy atom. The van der Waals surface area contributed by atoms with E-state index in [-0.39, 0.29) is 5.91 Å². The van der Waals surface area contributed by atoms with Crippen molar-refractivity contribution < 1.29 is 9.21 Å². The highest BCUT2D eigenvalue weighted by atomic mass is 16.3. The molecular formula is C22H27N3O2. The molecular weight excluding hydrogens is 338 g/mol. The molecule has 0 N–H and O–H groups in total. The van der Waals surface area contributed by atoms with E-state index in [1.54, 1.807) is 6.26 Å². The van der Waals surface area contributed by atoms with Gasteiger partial charge in [0.15, 0.2) is 5.58 Å². The lowest BCUT2D eigenvalue weighted by Crippen LogP contribution is -2.48. The maximum Gasteiger partial charge on any atom is 0.270 e. The van der Waals surface area contributed by atoms with E-state index in [0.717, 1.165) is 49.5 Å². The average molecular weight is 365 g/mol. The van der Waals surface area contributed by atoms with Crippen molar-refractivity contribution in [3.8, 4) is 0 Å². The Morgan fingerprint density at radius 1 is 1.07 bits per heavy atom. The third-order valence-electron chi connectivity index (χ3n) is 5.68. The lowest BCUT2D eigenvalue weighted by atomic mass is 10.1. The first-order valence-electron chi connectivity index (χ1n) is 9.71. The van der Waals surface area contributed by atoms with Gasteiger partial charge < -0.3 is 18.8 Å². The third kappa shape index (κ3) is 3.39. The second kappa shape index (κ2) is 7.24. The molecule has 3 heterocycles. The Labute approximate surface area is 160 Å². The number of hydrogen-bond acceptors (Lipinski definition) is 3. The zero-order chi connectivity index (χ0) is 19.0. The molecule has 2 aromatic heterocycles. The summed E-state index contributed by atoms with van der Waals surface area (Å²) in [5.41, 5.74) is 6.17. The van der Waals surface area contributed by atoms with Crippen molar-refractivity contribution in [2.24, 2.45) is 0 Å². The zero-order valence-corrected chi connectivity index (χ0v) is 16.4. The minimum Gasteiger partial charge on any atom is -0.463 e. The molecule has 0 atom stereocenters. The average Bonchev–Trinajstić information content (AvgIpc) is 3.27. The van der Waals surface area contributed by atoms with Gasteiger partial charge in [-0.15, -0.1) is 0 Å². The van der Waals surface area contributed by atoms with Crippen LogP contribution in [-0.4, -0.2) is 53.0 Å². The highest BCUT2D eigenvalue weighted by Crippen LogP contribution is 2.25. The highest BCUT2D eigenvalue weighted by Gasteiger charge is 2.25. The minimum atomic E-state index is 0.0995. The molecule has 0 saturated carbocycles.